The lowest BCUT2D eigenvalue weighted by atomic mass is 10.0. The fourth-order valence-electron chi connectivity index (χ4n) is 6.07. The van der Waals surface area contributed by atoms with Crippen molar-refractivity contribution in [1.29, 1.82) is 0 Å². The van der Waals surface area contributed by atoms with Crippen LogP contribution in [-0.4, -0.2) is 37.3 Å². The van der Waals surface area contributed by atoms with Crippen molar-refractivity contribution in [3.8, 4) is 5.00 Å². The van der Waals surface area contributed by atoms with Crippen molar-refractivity contribution in [3.05, 3.63) is 135 Å². The molecule has 2 N–H and O–H groups in total. The third-order valence-corrected chi connectivity index (χ3v) is 10.3. The van der Waals surface area contributed by atoms with Crippen LogP contribution >= 0.6 is 22.9 Å². The molecule has 240 valence electrons. The summed E-state index contributed by atoms with van der Waals surface area (Å²) in [4.78, 5) is 36.3. The number of aromatic amines is 1. The van der Waals surface area contributed by atoms with Crippen LogP contribution in [-0.2, 0) is 22.7 Å². The van der Waals surface area contributed by atoms with E-state index in [4.69, 9.17) is 21.3 Å². The zero-order chi connectivity index (χ0) is 32.6. The molecule has 4 heterocycles. The number of halogens is 1. The smallest absolute Gasteiger partial charge is 0.306 e. The predicted molar refractivity (Wildman–Crippen MR) is 186 cm³/mol. The highest BCUT2D eigenvalue weighted by molar-refractivity contribution is 7.15. The first-order chi connectivity index (χ1) is 23.5. The lowest BCUT2D eigenvalue weighted by molar-refractivity contribution is -0.145. The average Bonchev–Trinajstić information content (AvgIpc) is 3.56. The highest BCUT2D eigenvalue weighted by Gasteiger charge is 2.34. The summed E-state index contributed by atoms with van der Waals surface area (Å²) in [5.41, 5.74) is 4.80. The molecule has 1 amide bonds. The lowest BCUT2D eigenvalue weighted by Crippen LogP contribution is -2.31. The Morgan fingerprint density at radius 3 is 2.58 bits per heavy atom. The number of amides is 1. The summed E-state index contributed by atoms with van der Waals surface area (Å²) in [6.45, 7) is 0.451. The Balaban J connectivity index is 1.15. The standard InChI is InChI=1S/C37H31ClN6O3S/c38-27-12-6-5-11-25(27)34-26-19-31(23-14-15-23)48-37(26)44-32(20-39-34)42-43-35(44)29(16-17-33(45)47-21-22-8-2-1-3-9-22)41-36(46)30-18-24-10-4-7-13-28(24)40-30/h1-13,18-19,23,29,40H,14-17,20-21H2,(H,41,46)/t29-/m1/s1. The van der Waals surface area contributed by atoms with Gasteiger partial charge in [0.2, 0.25) is 0 Å². The Bertz CT molecular complexity index is 2150. The minimum Gasteiger partial charge on any atom is -0.461 e. The van der Waals surface area contributed by atoms with Crippen molar-refractivity contribution in [2.45, 2.75) is 50.8 Å². The number of H-pyrrole nitrogens is 1. The number of rotatable bonds is 10. The summed E-state index contributed by atoms with van der Waals surface area (Å²) in [6.07, 6.45) is 2.62. The number of nitrogens with zero attached hydrogens (tertiary/aromatic N) is 4. The molecule has 3 aromatic heterocycles. The van der Waals surface area contributed by atoms with Crippen LogP contribution in [0.2, 0.25) is 5.02 Å². The number of hydrogen-bond acceptors (Lipinski definition) is 7. The number of carbonyl (C=O) groups excluding carboxylic acids is 2. The van der Waals surface area contributed by atoms with Crippen molar-refractivity contribution in [3.63, 3.8) is 0 Å². The molecule has 1 aliphatic heterocycles. The van der Waals surface area contributed by atoms with Crippen LogP contribution in [0, 0.1) is 0 Å². The molecule has 9 nitrogen and oxygen atoms in total. The van der Waals surface area contributed by atoms with Gasteiger partial charge in [0.15, 0.2) is 11.6 Å². The summed E-state index contributed by atoms with van der Waals surface area (Å²) in [6, 6.07) is 28.4. The SMILES string of the molecule is O=C(CC[C@@H](NC(=O)c1cc2ccccc2[nH]1)c1nnc2n1-c1sc(C3CC3)cc1C(c1ccccc1Cl)=NC2)OCc1ccccc1. The van der Waals surface area contributed by atoms with E-state index in [0.29, 0.717) is 28.3 Å². The summed E-state index contributed by atoms with van der Waals surface area (Å²) < 4.78 is 7.61. The third kappa shape index (κ3) is 6.05. The van der Waals surface area contributed by atoms with Gasteiger partial charge in [0, 0.05) is 38.4 Å². The Morgan fingerprint density at radius 1 is 0.979 bits per heavy atom. The Kier molecular flexibility index (Phi) is 8.11. The molecule has 11 heteroatoms. The maximum atomic E-state index is 13.8. The molecular formula is C37H31ClN6O3S. The topological polar surface area (TPSA) is 114 Å². The Morgan fingerprint density at radius 2 is 1.77 bits per heavy atom. The van der Waals surface area contributed by atoms with E-state index < -0.39 is 6.04 Å². The van der Waals surface area contributed by atoms with Gasteiger partial charge in [-0.15, -0.1) is 21.5 Å². The minimum atomic E-state index is -0.657. The van der Waals surface area contributed by atoms with Gasteiger partial charge in [0.05, 0.1) is 11.8 Å². The maximum absolute atomic E-state index is 13.8. The predicted octanol–water partition coefficient (Wildman–Crippen LogP) is 7.69. The zero-order valence-electron chi connectivity index (χ0n) is 25.9. The number of benzene rings is 3. The molecule has 0 bridgehead atoms. The van der Waals surface area contributed by atoms with Gasteiger partial charge in [-0.2, -0.15) is 0 Å². The van der Waals surface area contributed by atoms with E-state index in [1.807, 2.05) is 89.5 Å². The van der Waals surface area contributed by atoms with Crippen LogP contribution in [0.3, 0.4) is 0 Å². The van der Waals surface area contributed by atoms with E-state index in [-0.39, 0.29) is 37.9 Å². The highest BCUT2D eigenvalue weighted by atomic mass is 35.5. The summed E-state index contributed by atoms with van der Waals surface area (Å²) in [5.74, 6) is 1.02. The number of esters is 1. The second-order valence-corrected chi connectivity index (χ2v) is 13.5. The van der Waals surface area contributed by atoms with Gasteiger partial charge < -0.3 is 15.0 Å². The number of ether oxygens (including phenoxy) is 1. The molecule has 3 aromatic carbocycles. The van der Waals surface area contributed by atoms with E-state index >= 15 is 0 Å². The normalized spacial score (nSPS) is 14.5. The van der Waals surface area contributed by atoms with Crippen LogP contribution in [0.25, 0.3) is 15.9 Å². The molecule has 1 aliphatic carbocycles. The highest BCUT2D eigenvalue weighted by Crippen LogP contribution is 2.47. The minimum absolute atomic E-state index is 0.0681. The second-order valence-electron chi connectivity index (χ2n) is 12.1. The third-order valence-electron chi connectivity index (χ3n) is 8.70. The monoisotopic (exact) mass is 674 g/mol. The molecule has 0 unspecified atom stereocenters. The number of para-hydroxylation sites is 1. The molecule has 8 rings (SSSR count). The van der Waals surface area contributed by atoms with Crippen LogP contribution in [0.4, 0.5) is 0 Å². The number of aliphatic imine (C=N–C) groups is 1. The van der Waals surface area contributed by atoms with Crippen LogP contribution in [0.1, 0.15) is 81.3 Å². The van der Waals surface area contributed by atoms with Crippen LogP contribution in [0.5, 0.6) is 0 Å². The van der Waals surface area contributed by atoms with Gasteiger partial charge in [0.1, 0.15) is 23.8 Å². The zero-order valence-corrected chi connectivity index (χ0v) is 27.4. The van der Waals surface area contributed by atoms with E-state index in [9.17, 15) is 9.59 Å². The number of nitrogens with one attached hydrogen (secondary N) is 2. The lowest BCUT2D eigenvalue weighted by Gasteiger charge is -2.19. The Labute approximate surface area is 285 Å². The number of hydrogen-bond donors (Lipinski definition) is 2. The van der Waals surface area contributed by atoms with Gasteiger partial charge in [-0.1, -0.05) is 78.3 Å². The molecule has 2 aliphatic rings. The number of fused-ring (bicyclic) bond motifs is 4. The number of aromatic nitrogens is 4. The fourth-order valence-corrected chi connectivity index (χ4v) is 7.66. The first-order valence-electron chi connectivity index (χ1n) is 16.0. The van der Waals surface area contributed by atoms with Crippen molar-refractivity contribution in [1.82, 2.24) is 25.1 Å². The molecule has 1 fully saturated rings. The van der Waals surface area contributed by atoms with E-state index in [2.05, 4.69) is 26.6 Å². The van der Waals surface area contributed by atoms with Crippen molar-refractivity contribution >= 4 is 51.4 Å². The van der Waals surface area contributed by atoms with Crippen LogP contribution < -0.4 is 5.32 Å². The molecule has 0 spiro atoms. The van der Waals surface area contributed by atoms with E-state index in [1.165, 1.54) is 4.88 Å². The molecule has 0 radical (unpaired) electrons. The van der Waals surface area contributed by atoms with Crippen molar-refractivity contribution in [2.24, 2.45) is 4.99 Å². The Hall–Kier alpha value is -5.06. The molecule has 48 heavy (non-hydrogen) atoms. The summed E-state index contributed by atoms with van der Waals surface area (Å²) >= 11 is 8.40. The molecule has 6 aromatic rings. The maximum Gasteiger partial charge on any atom is 0.306 e. The second kappa shape index (κ2) is 12.9. The van der Waals surface area contributed by atoms with Crippen molar-refractivity contribution in [2.75, 3.05) is 0 Å². The van der Waals surface area contributed by atoms with Gasteiger partial charge in [-0.25, -0.2) is 0 Å². The van der Waals surface area contributed by atoms with Gasteiger partial charge >= 0.3 is 5.97 Å². The van der Waals surface area contributed by atoms with Crippen LogP contribution in [0.15, 0.2) is 96.0 Å². The first-order valence-corrected chi connectivity index (χ1v) is 17.2. The van der Waals surface area contributed by atoms with Gasteiger partial charge in [-0.05, 0) is 55.0 Å². The van der Waals surface area contributed by atoms with Gasteiger partial charge in [-0.3, -0.25) is 19.1 Å². The molecule has 1 saturated carbocycles. The molecular weight excluding hydrogens is 644 g/mol. The first kappa shape index (κ1) is 30.3. The summed E-state index contributed by atoms with van der Waals surface area (Å²) in [7, 11) is 0. The van der Waals surface area contributed by atoms with Gasteiger partial charge in [0.25, 0.3) is 5.91 Å². The average molecular weight is 675 g/mol. The number of carbonyl (C=O) groups is 2. The largest absolute Gasteiger partial charge is 0.461 e. The fraction of sp³-hybridized carbons (Fsp3) is 0.216. The molecule has 0 saturated heterocycles. The van der Waals surface area contributed by atoms with E-state index in [0.717, 1.165) is 51.1 Å². The van der Waals surface area contributed by atoms with E-state index in [1.54, 1.807) is 11.3 Å². The quantitative estimate of drug-likeness (QED) is 0.145. The number of thiophene rings is 1. The van der Waals surface area contributed by atoms with Crippen molar-refractivity contribution < 1.29 is 14.3 Å². The molecule has 1 atom stereocenters. The summed E-state index contributed by atoms with van der Waals surface area (Å²) in [5, 5.41) is 14.9.